The van der Waals surface area contributed by atoms with Crippen molar-refractivity contribution in [1.29, 1.82) is 0 Å². The second-order valence-electron chi connectivity index (χ2n) is 5.66. The summed E-state index contributed by atoms with van der Waals surface area (Å²) >= 11 is 1.34. The zero-order valence-corrected chi connectivity index (χ0v) is 15.8. The largest absolute Gasteiger partial charge is 0.463 e. The molecule has 0 bridgehead atoms. The van der Waals surface area contributed by atoms with Crippen LogP contribution in [0.25, 0.3) is 6.08 Å². The van der Waals surface area contributed by atoms with Gasteiger partial charge in [0.25, 0.3) is 0 Å². The van der Waals surface area contributed by atoms with Crippen molar-refractivity contribution in [2.45, 2.75) is 32.0 Å². The van der Waals surface area contributed by atoms with E-state index < -0.39 is 0 Å². The van der Waals surface area contributed by atoms with E-state index in [0.717, 1.165) is 10.7 Å². The first kappa shape index (κ1) is 19.7. The van der Waals surface area contributed by atoms with Crippen LogP contribution < -0.4 is 5.32 Å². The minimum atomic E-state index is -0.379. The SMILES string of the molecule is CCOC(=O)/C=C/c1ccc(NC(=O)CSc2nncn2C(C)C)cc1. The number of ether oxygens (including phenoxy) is 1. The number of aromatic nitrogens is 3. The number of esters is 1. The zero-order valence-electron chi connectivity index (χ0n) is 15.0. The van der Waals surface area contributed by atoms with Crippen LogP contribution in [0.1, 0.15) is 32.4 Å². The summed E-state index contributed by atoms with van der Waals surface area (Å²) in [6.45, 7) is 6.17. The summed E-state index contributed by atoms with van der Waals surface area (Å²) in [5, 5.41) is 11.5. The van der Waals surface area contributed by atoms with Crippen LogP contribution in [0.5, 0.6) is 0 Å². The summed E-state index contributed by atoms with van der Waals surface area (Å²) < 4.78 is 6.74. The molecule has 0 saturated carbocycles. The highest BCUT2D eigenvalue weighted by molar-refractivity contribution is 7.99. The Bertz CT molecular complexity index is 769. The molecule has 0 saturated heterocycles. The van der Waals surface area contributed by atoms with Crippen LogP contribution in [-0.2, 0) is 14.3 Å². The Balaban J connectivity index is 1.85. The van der Waals surface area contributed by atoms with Gasteiger partial charge in [0.15, 0.2) is 5.16 Å². The standard InChI is InChI=1S/C18H22N4O3S/c1-4-25-17(24)10-7-14-5-8-15(9-6-14)20-16(23)11-26-18-21-19-12-22(18)13(2)3/h5-10,12-13H,4,11H2,1-3H3,(H,20,23)/b10-7+. The molecular formula is C18H22N4O3S. The molecule has 1 aromatic carbocycles. The summed E-state index contributed by atoms with van der Waals surface area (Å²) in [7, 11) is 0. The second-order valence-corrected chi connectivity index (χ2v) is 6.60. The van der Waals surface area contributed by atoms with E-state index in [2.05, 4.69) is 15.5 Å². The molecule has 0 aliphatic carbocycles. The first-order valence-electron chi connectivity index (χ1n) is 8.26. The van der Waals surface area contributed by atoms with Gasteiger partial charge in [-0.25, -0.2) is 4.79 Å². The van der Waals surface area contributed by atoms with Crippen molar-refractivity contribution in [2.75, 3.05) is 17.7 Å². The van der Waals surface area contributed by atoms with Gasteiger partial charge in [-0.2, -0.15) is 0 Å². The smallest absolute Gasteiger partial charge is 0.330 e. The van der Waals surface area contributed by atoms with Crippen LogP contribution in [0.4, 0.5) is 5.69 Å². The predicted octanol–water partition coefficient (Wildman–Crippen LogP) is 3.17. The van der Waals surface area contributed by atoms with E-state index in [1.807, 2.05) is 30.5 Å². The number of thioether (sulfide) groups is 1. The van der Waals surface area contributed by atoms with Gasteiger partial charge >= 0.3 is 5.97 Å². The van der Waals surface area contributed by atoms with Crippen LogP contribution in [0.2, 0.25) is 0 Å². The molecule has 138 valence electrons. The predicted molar refractivity (Wildman–Crippen MR) is 102 cm³/mol. The third-order valence-corrected chi connectivity index (χ3v) is 4.28. The van der Waals surface area contributed by atoms with Gasteiger partial charge in [-0.3, -0.25) is 4.79 Å². The number of amides is 1. The molecule has 0 radical (unpaired) electrons. The Morgan fingerprint density at radius 3 is 2.69 bits per heavy atom. The van der Waals surface area contributed by atoms with E-state index in [-0.39, 0.29) is 23.7 Å². The Morgan fingerprint density at radius 2 is 2.04 bits per heavy atom. The van der Waals surface area contributed by atoms with Crippen LogP contribution in [0.15, 0.2) is 41.8 Å². The zero-order chi connectivity index (χ0) is 18.9. The highest BCUT2D eigenvalue weighted by Gasteiger charge is 2.10. The minimum absolute atomic E-state index is 0.122. The first-order valence-corrected chi connectivity index (χ1v) is 9.25. The van der Waals surface area contributed by atoms with Crippen LogP contribution in [0.3, 0.4) is 0 Å². The van der Waals surface area contributed by atoms with Crippen molar-refractivity contribution in [3.05, 3.63) is 42.2 Å². The Labute approximate surface area is 156 Å². The van der Waals surface area contributed by atoms with Gasteiger partial charge in [-0.05, 0) is 44.5 Å². The molecule has 2 aromatic rings. The van der Waals surface area contributed by atoms with E-state index in [0.29, 0.717) is 12.3 Å². The molecule has 1 N–H and O–H groups in total. The maximum absolute atomic E-state index is 12.1. The summed E-state index contributed by atoms with van der Waals surface area (Å²) in [6.07, 6.45) is 4.70. The van der Waals surface area contributed by atoms with E-state index in [1.54, 1.807) is 31.5 Å². The Morgan fingerprint density at radius 1 is 1.31 bits per heavy atom. The molecule has 0 fully saturated rings. The number of hydrogen-bond acceptors (Lipinski definition) is 6. The average molecular weight is 374 g/mol. The number of carbonyl (C=O) groups excluding carboxylic acids is 2. The number of carbonyl (C=O) groups is 2. The van der Waals surface area contributed by atoms with Crippen LogP contribution in [0, 0.1) is 0 Å². The molecule has 0 aliphatic rings. The highest BCUT2D eigenvalue weighted by Crippen LogP contribution is 2.19. The van der Waals surface area contributed by atoms with Crippen molar-refractivity contribution >= 4 is 35.4 Å². The van der Waals surface area contributed by atoms with E-state index in [9.17, 15) is 9.59 Å². The molecule has 0 atom stereocenters. The maximum atomic E-state index is 12.1. The van der Waals surface area contributed by atoms with Crippen molar-refractivity contribution in [1.82, 2.24) is 14.8 Å². The van der Waals surface area contributed by atoms with Gasteiger partial charge in [-0.15, -0.1) is 10.2 Å². The maximum Gasteiger partial charge on any atom is 0.330 e. The molecule has 26 heavy (non-hydrogen) atoms. The second kappa shape index (κ2) is 9.76. The van der Waals surface area contributed by atoms with Crippen molar-refractivity contribution in [3.63, 3.8) is 0 Å². The number of nitrogens with one attached hydrogen (secondary N) is 1. The van der Waals surface area contributed by atoms with Gasteiger partial charge in [0.05, 0.1) is 12.4 Å². The molecule has 0 aliphatic heterocycles. The van der Waals surface area contributed by atoms with Crippen LogP contribution >= 0.6 is 11.8 Å². The fourth-order valence-electron chi connectivity index (χ4n) is 2.05. The highest BCUT2D eigenvalue weighted by atomic mass is 32.2. The fraction of sp³-hybridized carbons (Fsp3) is 0.333. The molecular weight excluding hydrogens is 352 g/mol. The molecule has 1 amide bonds. The number of rotatable bonds is 8. The lowest BCUT2D eigenvalue weighted by molar-refractivity contribution is -0.137. The number of benzene rings is 1. The Kier molecular flexibility index (Phi) is 7.40. The molecule has 7 nitrogen and oxygen atoms in total. The number of hydrogen-bond donors (Lipinski definition) is 1. The molecule has 2 rings (SSSR count). The third kappa shape index (κ3) is 6.03. The minimum Gasteiger partial charge on any atom is -0.463 e. The van der Waals surface area contributed by atoms with Gasteiger partial charge < -0.3 is 14.6 Å². The van der Waals surface area contributed by atoms with Gasteiger partial charge in [0.1, 0.15) is 6.33 Å². The Hall–Kier alpha value is -2.61. The molecule has 0 spiro atoms. The molecule has 1 heterocycles. The van der Waals surface area contributed by atoms with Gasteiger partial charge in [0.2, 0.25) is 5.91 Å². The third-order valence-electron chi connectivity index (χ3n) is 3.32. The topological polar surface area (TPSA) is 86.1 Å². The van der Waals surface area contributed by atoms with Gasteiger partial charge in [-0.1, -0.05) is 23.9 Å². The lowest BCUT2D eigenvalue weighted by atomic mass is 10.2. The lowest BCUT2D eigenvalue weighted by Crippen LogP contribution is -2.14. The molecule has 8 heteroatoms. The number of nitrogens with zero attached hydrogens (tertiary/aromatic N) is 3. The summed E-state index contributed by atoms with van der Waals surface area (Å²) in [5.41, 5.74) is 1.53. The normalized spacial score (nSPS) is 11.1. The quantitative estimate of drug-likeness (QED) is 0.434. The van der Waals surface area contributed by atoms with Crippen molar-refractivity contribution in [2.24, 2.45) is 0 Å². The van der Waals surface area contributed by atoms with E-state index in [1.165, 1.54) is 17.8 Å². The molecule has 0 unspecified atom stereocenters. The summed E-state index contributed by atoms with van der Waals surface area (Å²) in [4.78, 5) is 23.4. The van der Waals surface area contributed by atoms with E-state index in [4.69, 9.17) is 4.74 Å². The van der Waals surface area contributed by atoms with E-state index >= 15 is 0 Å². The van der Waals surface area contributed by atoms with Crippen molar-refractivity contribution < 1.29 is 14.3 Å². The lowest BCUT2D eigenvalue weighted by Gasteiger charge is -2.09. The fourth-order valence-corrected chi connectivity index (χ4v) is 2.89. The summed E-state index contributed by atoms with van der Waals surface area (Å²) in [5.74, 6) is -0.255. The average Bonchev–Trinajstić information content (AvgIpc) is 3.08. The molecule has 1 aromatic heterocycles. The van der Waals surface area contributed by atoms with Crippen LogP contribution in [-0.4, -0.2) is 39.0 Å². The first-order chi connectivity index (χ1) is 12.5. The number of anilines is 1. The van der Waals surface area contributed by atoms with Crippen molar-refractivity contribution in [3.8, 4) is 0 Å². The summed E-state index contributed by atoms with van der Waals surface area (Å²) in [6, 6.07) is 7.43. The van der Waals surface area contributed by atoms with Gasteiger partial charge in [0, 0.05) is 17.8 Å². The monoisotopic (exact) mass is 374 g/mol.